The van der Waals surface area contributed by atoms with Crippen LogP contribution >= 0.6 is 15.9 Å². The van der Waals surface area contributed by atoms with Crippen LogP contribution < -0.4 is 14.2 Å². The fourth-order valence-corrected chi connectivity index (χ4v) is 6.83. The van der Waals surface area contributed by atoms with Crippen molar-refractivity contribution in [1.29, 1.82) is 0 Å². The van der Waals surface area contributed by atoms with Gasteiger partial charge in [0.25, 0.3) is 0 Å². The Kier molecular flexibility index (Phi) is 18.6. The molecule has 0 spiro atoms. The minimum atomic E-state index is -0.388. The molecule has 1 saturated carbocycles. The molecule has 1 fully saturated rings. The zero-order valence-electron chi connectivity index (χ0n) is 27.8. The maximum absolute atomic E-state index is 12.8. The summed E-state index contributed by atoms with van der Waals surface area (Å²) in [6.45, 7) is 5.98. The van der Waals surface area contributed by atoms with Gasteiger partial charge in [-0.3, -0.25) is 0 Å². The molecule has 4 nitrogen and oxygen atoms in total. The quantitative estimate of drug-likeness (QED) is 0.0670. The number of ether oxygens (including phenoxy) is 3. The molecule has 5 heteroatoms. The molecular formula is C39H59BrO4. The van der Waals surface area contributed by atoms with Crippen molar-refractivity contribution in [2.24, 2.45) is 11.8 Å². The lowest BCUT2D eigenvalue weighted by atomic mass is 9.78. The van der Waals surface area contributed by atoms with Crippen molar-refractivity contribution >= 4 is 21.9 Å². The number of esters is 1. The Hall–Kier alpha value is -2.01. The SMILES string of the molecule is CCCCCCCCCCCCOc1ccc(C(=O)Oc2ccc(OCCC[C@H]3CC[C@H](CCCCC)CC3)cc2)cc1Br. The second kappa shape index (κ2) is 22.5. The molecule has 0 heterocycles. The van der Waals surface area contributed by atoms with Crippen LogP contribution in [-0.4, -0.2) is 19.2 Å². The van der Waals surface area contributed by atoms with Gasteiger partial charge in [0.05, 0.1) is 23.2 Å². The monoisotopic (exact) mass is 670 g/mol. The lowest BCUT2D eigenvalue weighted by molar-refractivity contribution is 0.0734. The molecular weight excluding hydrogens is 612 g/mol. The van der Waals surface area contributed by atoms with Crippen LogP contribution in [0.1, 0.15) is 153 Å². The first-order chi connectivity index (χ1) is 21.6. The standard InChI is InChI=1S/C39H59BrO4/c1-3-5-7-8-9-10-11-12-13-15-29-43-38-28-23-34(31-37(38)40)39(41)44-36-26-24-35(25-27-36)42-30-16-18-33-21-19-32(20-22-33)17-14-6-4-2/h23-28,31-33H,3-22,29-30H2,1-2H3/t32-,33-. The van der Waals surface area contributed by atoms with E-state index in [2.05, 4.69) is 29.8 Å². The Morgan fingerprint density at radius 1 is 0.636 bits per heavy atom. The van der Waals surface area contributed by atoms with Gasteiger partial charge in [-0.25, -0.2) is 4.79 Å². The molecule has 3 rings (SSSR count). The van der Waals surface area contributed by atoms with E-state index >= 15 is 0 Å². The molecule has 0 aliphatic heterocycles. The summed E-state index contributed by atoms with van der Waals surface area (Å²) in [5.74, 6) is 3.54. The molecule has 1 aliphatic rings. The molecule has 0 atom stereocenters. The molecule has 2 aromatic carbocycles. The summed E-state index contributed by atoms with van der Waals surface area (Å²) in [6, 6.07) is 12.7. The van der Waals surface area contributed by atoms with Crippen LogP contribution in [-0.2, 0) is 0 Å². The second-order valence-electron chi connectivity index (χ2n) is 12.9. The summed E-state index contributed by atoms with van der Waals surface area (Å²) in [4.78, 5) is 12.8. The molecule has 0 N–H and O–H groups in total. The topological polar surface area (TPSA) is 44.8 Å². The number of benzene rings is 2. The maximum atomic E-state index is 12.8. The average Bonchev–Trinajstić information content (AvgIpc) is 3.04. The number of carbonyl (C=O) groups excluding carboxylic acids is 1. The third-order valence-electron chi connectivity index (χ3n) is 9.17. The van der Waals surface area contributed by atoms with Crippen LogP contribution in [0.15, 0.2) is 46.9 Å². The molecule has 0 bridgehead atoms. The second-order valence-corrected chi connectivity index (χ2v) is 13.8. The first-order valence-electron chi connectivity index (χ1n) is 18.0. The van der Waals surface area contributed by atoms with E-state index in [-0.39, 0.29) is 5.97 Å². The maximum Gasteiger partial charge on any atom is 0.343 e. The first kappa shape index (κ1) is 36.5. The van der Waals surface area contributed by atoms with E-state index in [9.17, 15) is 4.79 Å². The molecule has 0 unspecified atom stereocenters. The Bertz CT molecular complexity index is 1030. The Labute approximate surface area is 277 Å². The predicted octanol–water partition coefficient (Wildman–Crippen LogP) is 12.5. The van der Waals surface area contributed by atoms with Crippen LogP contribution in [0.3, 0.4) is 0 Å². The van der Waals surface area contributed by atoms with Gasteiger partial charge in [0.1, 0.15) is 17.2 Å². The summed E-state index contributed by atoms with van der Waals surface area (Å²) in [5.41, 5.74) is 0.485. The number of halogens is 1. The minimum Gasteiger partial charge on any atom is -0.494 e. The lowest BCUT2D eigenvalue weighted by Gasteiger charge is -2.28. The molecule has 2 aromatic rings. The van der Waals surface area contributed by atoms with E-state index < -0.39 is 0 Å². The summed E-state index contributed by atoms with van der Waals surface area (Å²) in [5, 5.41) is 0. The highest BCUT2D eigenvalue weighted by molar-refractivity contribution is 9.10. The Morgan fingerprint density at radius 3 is 1.77 bits per heavy atom. The molecule has 0 aromatic heterocycles. The van der Waals surface area contributed by atoms with Crippen molar-refractivity contribution in [1.82, 2.24) is 0 Å². The molecule has 0 radical (unpaired) electrons. The predicted molar refractivity (Wildman–Crippen MR) is 187 cm³/mol. The molecule has 1 aliphatic carbocycles. The average molecular weight is 672 g/mol. The summed E-state index contributed by atoms with van der Waals surface area (Å²) >= 11 is 3.56. The highest BCUT2D eigenvalue weighted by atomic mass is 79.9. The van der Waals surface area contributed by atoms with Crippen LogP contribution in [0.5, 0.6) is 17.2 Å². The van der Waals surface area contributed by atoms with Gasteiger partial charge in [-0.1, -0.05) is 123 Å². The number of carbonyl (C=O) groups is 1. The third-order valence-corrected chi connectivity index (χ3v) is 9.78. The Morgan fingerprint density at radius 2 is 1.16 bits per heavy atom. The Balaban J connectivity index is 1.26. The van der Waals surface area contributed by atoms with Gasteiger partial charge in [-0.15, -0.1) is 0 Å². The zero-order chi connectivity index (χ0) is 31.2. The van der Waals surface area contributed by atoms with Gasteiger partial charge in [0, 0.05) is 0 Å². The minimum absolute atomic E-state index is 0.388. The highest BCUT2D eigenvalue weighted by Crippen LogP contribution is 2.34. The van der Waals surface area contributed by atoms with E-state index in [1.807, 2.05) is 18.2 Å². The number of unbranched alkanes of at least 4 members (excludes halogenated alkanes) is 11. The van der Waals surface area contributed by atoms with Crippen molar-refractivity contribution in [2.75, 3.05) is 13.2 Å². The van der Waals surface area contributed by atoms with E-state index in [4.69, 9.17) is 14.2 Å². The largest absolute Gasteiger partial charge is 0.494 e. The van der Waals surface area contributed by atoms with E-state index in [0.29, 0.717) is 17.9 Å². The van der Waals surface area contributed by atoms with Crippen molar-refractivity contribution in [3.05, 3.63) is 52.5 Å². The molecule has 0 saturated heterocycles. The van der Waals surface area contributed by atoms with Gasteiger partial charge in [0.2, 0.25) is 0 Å². The van der Waals surface area contributed by atoms with E-state index in [1.165, 1.54) is 116 Å². The summed E-state index contributed by atoms with van der Waals surface area (Å²) in [7, 11) is 0. The fraction of sp³-hybridized carbons (Fsp3) is 0.667. The van der Waals surface area contributed by atoms with Crippen LogP contribution in [0.25, 0.3) is 0 Å². The number of rotatable bonds is 23. The third kappa shape index (κ3) is 14.8. The highest BCUT2D eigenvalue weighted by Gasteiger charge is 2.20. The van der Waals surface area contributed by atoms with Gasteiger partial charge in [-0.2, -0.15) is 0 Å². The number of hydrogen-bond acceptors (Lipinski definition) is 4. The normalized spacial score (nSPS) is 16.5. The molecule has 44 heavy (non-hydrogen) atoms. The molecule has 0 amide bonds. The van der Waals surface area contributed by atoms with Crippen molar-refractivity contribution in [3.63, 3.8) is 0 Å². The van der Waals surface area contributed by atoms with Crippen molar-refractivity contribution in [2.45, 2.75) is 142 Å². The van der Waals surface area contributed by atoms with E-state index in [1.54, 1.807) is 24.3 Å². The van der Waals surface area contributed by atoms with Gasteiger partial charge >= 0.3 is 5.97 Å². The van der Waals surface area contributed by atoms with Crippen LogP contribution in [0.4, 0.5) is 0 Å². The van der Waals surface area contributed by atoms with Crippen LogP contribution in [0.2, 0.25) is 0 Å². The van der Waals surface area contributed by atoms with Gasteiger partial charge in [-0.05, 0) is 89.5 Å². The van der Waals surface area contributed by atoms with Crippen molar-refractivity contribution < 1.29 is 19.0 Å². The van der Waals surface area contributed by atoms with E-state index in [0.717, 1.165) is 47.3 Å². The zero-order valence-corrected chi connectivity index (χ0v) is 29.3. The molecule has 246 valence electrons. The van der Waals surface area contributed by atoms with Gasteiger partial charge in [0.15, 0.2) is 0 Å². The first-order valence-corrected chi connectivity index (χ1v) is 18.8. The lowest BCUT2D eigenvalue weighted by Crippen LogP contribution is -2.15. The summed E-state index contributed by atoms with van der Waals surface area (Å²) in [6.07, 6.45) is 26.6. The summed E-state index contributed by atoms with van der Waals surface area (Å²) < 4.78 is 18.3. The van der Waals surface area contributed by atoms with Crippen molar-refractivity contribution in [3.8, 4) is 17.2 Å². The number of hydrogen-bond donors (Lipinski definition) is 0. The van der Waals surface area contributed by atoms with Gasteiger partial charge < -0.3 is 14.2 Å². The smallest absolute Gasteiger partial charge is 0.343 e. The fourth-order valence-electron chi connectivity index (χ4n) is 6.34. The van der Waals surface area contributed by atoms with Crippen LogP contribution in [0, 0.1) is 11.8 Å².